The molecule has 2 N–H and O–H groups in total. The molecule has 4 aromatic rings. The Hall–Kier alpha value is -3.38. The minimum atomic E-state index is -0.335. The molecule has 0 saturated heterocycles. The van der Waals surface area contributed by atoms with Gasteiger partial charge >= 0.3 is 0 Å². The molecule has 32 heavy (non-hydrogen) atoms. The number of amides is 1. The predicted molar refractivity (Wildman–Crippen MR) is 127 cm³/mol. The summed E-state index contributed by atoms with van der Waals surface area (Å²) in [4.78, 5) is 32.8. The molecule has 0 spiro atoms. The number of halogens is 1. The van der Waals surface area contributed by atoms with Crippen LogP contribution < -0.4 is 10.9 Å². The maximum Gasteiger partial charge on any atom is 0.263 e. The van der Waals surface area contributed by atoms with Crippen molar-refractivity contribution < 1.29 is 4.79 Å². The molecular weight excluding hydrogens is 424 g/mol. The van der Waals surface area contributed by atoms with E-state index in [1.165, 1.54) is 15.5 Å². The van der Waals surface area contributed by atoms with Crippen LogP contribution in [0.15, 0.2) is 71.9 Å². The topological polar surface area (TPSA) is 79.8 Å². The number of nitrogens with one attached hydrogen (secondary N) is 2. The highest BCUT2D eigenvalue weighted by Gasteiger charge is 2.12. The average molecular weight is 449 g/mol. The van der Waals surface area contributed by atoms with Crippen molar-refractivity contribution in [1.29, 1.82) is 0 Å². The number of nitrogens with zero attached hydrogens (tertiary/aromatic N) is 2. The van der Waals surface area contributed by atoms with E-state index in [2.05, 4.69) is 21.4 Å². The van der Waals surface area contributed by atoms with Gasteiger partial charge in [0.2, 0.25) is 0 Å². The number of aryl methyl sites for hydroxylation is 1. The first kappa shape index (κ1) is 21.8. The van der Waals surface area contributed by atoms with Crippen molar-refractivity contribution in [3.8, 4) is 0 Å². The van der Waals surface area contributed by atoms with Gasteiger partial charge in [-0.3, -0.25) is 9.59 Å². The Kier molecular flexibility index (Phi) is 7.02. The molecule has 0 unspecified atom stereocenters. The van der Waals surface area contributed by atoms with Gasteiger partial charge in [0.05, 0.1) is 6.54 Å². The number of pyridine rings is 2. The summed E-state index contributed by atoms with van der Waals surface area (Å²) in [7, 11) is 0. The predicted octanol–water partition coefficient (Wildman–Crippen LogP) is 4.57. The van der Waals surface area contributed by atoms with Crippen LogP contribution >= 0.6 is 11.6 Å². The zero-order valence-corrected chi connectivity index (χ0v) is 18.4. The van der Waals surface area contributed by atoms with Gasteiger partial charge in [-0.1, -0.05) is 30.2 Å². The quantitative estimate of drug-likeness (QED) is 0.368. The summed E-state index contributed by atoms with van der Waals surface area (Å²) in [6.07, 6.45) is 9.31. The van der Waals surface area contributed by atoms with Gasteiger partial charge in [0.15, 0.2) is 0 Å². The number of fused-ring (bicyclic) bond motifs is 1. The molecule has 6 nitrogen and oxygen atoms in total. The van der Waals surface area contributed by atoms with Crippen LogP contribution in [-0.4, -0.2) is 27.0 Å². The molecule has 0 fully saturated rings. The van der Waals surface area contributed by atoms with E-state index in [4.69, 9.17) is 11.6 Å². The highest BCUT2D eigenvalue weighted by molar-refractivity contribution is 6.30. The SMILES string of the molecule is O=C(NCCCCCc1c[nH]c2ncccc12)c1cccn(Cc2cccc(Cl)c2)c1=O. The van der Waals surface area contributed by atoms with Crippen LogP contribution in [0.3, 0.4) is 0 Å². The Morgan fingerprint density at radius 1 is 1.09 bits per heavy atom. The van der Waals surface area contributed by atoms with Crippen molar-refractivity contribution in [2.24, 2.45) is 0 Å². The van der Waals surface area contributed by atoms with Crippen molar-refractivity contribution in [3.63, 3.8) is 0 Å². The molecule has 0 aliphatic heterocycles. The molecule has 0 aliphatic carbocycles. The molecule has 7 heteroatoms. The van der Waals surface area contributed by atoms with E-state index in [-0.39, 0.29) is 17.0 Å². The third kappa shape index (κ3) is 5.26. The first-order chi connectivity index (χ1) is 15.6. The fraction of sp³-hybridized carbons (Fsp3) is 0.240. The van der Waals surface area contributed by atoms with Gasteiger partial charge in [0, 0.05) is 35.5 Å². The second-order valence-electron chi connectivity index (χ2n) is 7.76. The number of benzene rings is 1. The van der Waals surface area contributed by atoms with Crippen molar-refractivity contribution in [3.05, 3.63) is 99.2 Å². The number of H-pyrrole nitrogens is 1. The van der Waals surface area contributed by atoms with Crippen LogP contribution in [0.4, 0.5) is 0 Å². The molecule has 0 bridgehead atoms. The van der Waals surface area contributed by atoms with E-state index in [1.807, 2.05) is 30.5 Å². The van der Waals surface area contributed by atoms with E-state index in [9.17, 15) is 9.59 Å². The molecule has 0 aliphatic rings. The van der Waals surface area contributed by atoms with Crippen LogP contribution in [0.5, 0.6) is 0 Å². The summed E-state index contributed by atoms with van der Waals surface area (Å²) in [6, 6.07) is 14.7. The summed E-state index contributed by atoms with van der Waals surface area (Å²) in [5.74, 6) is -0.335. The molecule has 3 heterocycles. The Morgan fingerprint density at radius 3 is 2.88 bits per heavy atom. The summed E-state index contributed by atoms with van der Waals surface area (Å²) in [5.41, 5.74) is 2.93. The van der Waals surface area contributed by atoms with Crippen LogP contribution in [0.2, 0.25) is 5.02 Å². The highest BCUT2D eigenvalue weighted by Crippen LogP contribution is 2.18. The molecule has 0 saturated carbocycles. The lowest BCUT2D eigenvalue weighted by atomic mass is 10.1. The zero-order chi connectivity index (χ0) is 22.3. The molecule has 1 amide bonds. The zero-order valence-electron chi connectivity index (χ0n) is 17.7. The molecule has 0 radical (unpaired) electrons. The number of aromatic nitrogens is 3. The lowest BCUT2D eigenvalue weighted by Crippen LogP contribution is -2.33. The van der Waals surface area contributed by atoms with Gasteiger partial charge in [0.1, 0.15) is 11.2 Å². The molecule has 164 valence electrons. The number of carbonyl (C=O) groups is 1. The Morgan fingerprint density at radius 2 is 2.00 bits per heavy atom. The van der Waals surface area contributed by atoms with Gasteiger partial charge in [0.25, 0.3) is 11.5 Å². The van der Waals surface area contributed by atoms with Crippen LogP contribution in [-0.2, 0) is 13.0 Å². The average Bonchev–Trinajstić information content (AvgIpc) is 3.20. The third-order valence-corrected chi connectivity index (χ3v) is 5.69. The van der Waals surface area contributed by atoms with Crippen molar-refractivity contribution in [2.75, 3.05) is 6.54 Å². The highest BCUT2D eigenvalue weighted by atomic mass is 35.5. The van der Waals surface area contributed by atoms with Crippen LogP contribution in [0, 0.1) is 0 Å². The van der Waals surface area contributed by atoms with Gasteiger partial charge in [-0.25, -0.2) is 4.98 Å². The molecule has 3 aromatic heterocycles. The van der Waals surface area contributed by atoms with Crippen LogP contribution in [0.25, 0.3) is 11.0 Å². The number of hydrogen-bond acceptors (Lipinski definition) is 3. The van der Waals surface area contributed by atoms with Crippen molar-refractivity contribution >= 4 is 28.5 Å². The van der Waals surface area contributed by atoms with Crippen LogP contribution in [0.1, 0.15) is 40.7 Å². The fourth-order valence-corrected chi connectivity index (χ4v) is 4.01. The number of carbonyl (C=O) groups excluding carboxylic acids is 1. The maximum atomic E-state index is 12.7. The monoisotopic (exact) mass is 448 g/mol. The normalized spacial score (nSPS) is 11.0. The first-order valence-corrected chi connectivity index (χ1v) is 11.1. The smallest absolute Gasteiger partial charge is 0.263 e. The molecular formula is C25H25ClN4O2. The standard InChI is InChI=1S/C25H25ClN4O2/c26-20-9-4-7-18(15-20)17-30-14-6-11-22(25(30)32)24(31)28-12-3-1-2-8-19-16-29-23-21(19)10-5-13-27-23/h4-7,9-11,13-16H,1-3,8,12,17H2,(H,27,29)(H,28,31). The molecule has 1 aromatic carbocycles. The second-order valence-corrected chi connectivity index (χ2v) is 8.20. The van der Waals surface area contributed by atoms with Gasteiger partial charge in [-0.05, 0) is 66.8 Å². The Bertz CT molecular complexity index is 1280. The van der Waals surface area contributed by atoms with E-state index in [1.54, 1.807) is 30.6 Å². The second kappa shape index (κ2) is 10.3. The molecule has 4 rings (SSSR count). The number of aromatic amines is 1. The largest absolute Gasteiger partial charge is 0.352 e. The lowest BCUT2D eigenvalue weighted by Gasteiger charge is -2.09. The lowest BCUT2D eigenvalue weighted by molar-refractivity contribution is 0.0951. The minimum absolute atomic E-state index is 0.154. The van der Waals surface area contributed by atoms with E-state index in [0.717, 1.165) is 36.9 Å². The molecule has 0 atom stereocenters. The van der Waals surface area contributed by atoms with E-state index < -0.39 is 0 Å². The van der Waals surface area contributed by atoms with E-state index >= 15 is 0 Å². The summed E-state index contributed by atoms with van der Waals surface area (Å²) in [5, 5.41) is 4.66. The number of rotatable bonds is 9. The number of unbranched alkanes of at least 4 members (excludes halogenated alkanes) is 2. The van der Waals surface area contributed by atoms with Gasteiger partial charge in [-0.2, -0.15) is 0 Å². The fourth-order valence-electron chi connectivity index (χ4n) is 3.80. The van der Waals surface area contributed by atoms with Gasteiger partial charge in [-0.15, -0.1) is 0 Å². The summed E-state index contributed by atoms with van der Waals surface area (Å²) < 4.78 is 1.52. The van der Waals surface area contributed by atoms with Crippen molar-refractivity contribution in [2.45, 2.75) is 32.2 Å². The first-order valence-electron chi connectivity index (χ1n) is 10.7. The summed E-state index contributed by atoms with van der Waals surface area (Å²) >= 11 is 6.02. The Labute approximate surface area is 191 Å². The summed E-state index contributed by atoms with van der Waals surface area (Å²) in [6.45, 7) is 0.904. The van der Waals surface area contributed by atoms with Crippen molar-refractivity contribution in [1.82, 2.24) is 19.9 Å². The maximum absolute atomic E-state index is 12.7. The van der Waals surface area contributed by atoms with Gasteiger partial charge < -0.3 is 14.9 Å². The Balaban J connectivity index is 1.25. The minimum Gasteiger partial charge on any atom is -0.352 e. The third-order valence-electron chi connectivity index (χ3n) is 5.45. The van der Waals surface area contributed by atoms with E-state index in [0.29, 0.717) is 18.1 Å². The number of hydrogen-bond donors (Lipinski definition) is 2.